The molecule has 4 aromatic heterocycles. The van der Waals surface area contributed by atoms with Crippen molar-refractivity contribution in [2.45, 2.75) is 62.7 Å². The van der Waals surface area contributed by atoms with Crippen LogP contribution in [0, 0.1) is 0 Å². The van der Waals surface area contributed by atoms with E-state index in [4.69, 9.17) is 4.74 Å². The minimum atomic E-state index is -4.55. The van der Waals surface area contributed by atoms with Gasteiger partial charge in [-0.1, -0.05) is 0 Å². The maximum atomic E-state index is 13.5. The Hall–Kier alpha value is -3.55. The average molecular weight is 569 g/mol. The maximum Gasteiger partial charge on any atom is 0.433 e. The van der Waals surface area contributed by atoms with Gasteiger partial charge in [0.1, 0.15) is 23.8 Å². The Kier molecular flexibility index (Phi) is 6.67. The highest BCUT2D eigenvalue weighted by Crippen LogP contribution is 2.38. The Balaban J connectivity index is 0.931. The van der Waals surface area contributed by atoms with E-state index in [2.05, 4.69) is 36.1 Å². The molecule has 0 atom stereocenters. The number of aliphatic hydroxyl groups excluding tert-OH is 1. The number of nitrogens with zero attached hydrogens (tertiary/aromatic N) is 7. The summed E-state index contributed by atoms with van der Waals surface area (Å²) in [6, 6.07) is 5.42. The molecule has 1 aliphatic carbocycles. The molecule has 2 aliphatic heterocycles. The third kappa shape index (κ3) is 5.41. The van der Waals surface area contributed by atoms with Crippen LogP contribution in [0.5, 0.6) is 5.88 Å². The van der Waals surface area contributed by atoms with E-state index in [0.29, 0.717) is 37.3 Å². The van der Waals surface area contributed by atoms with Crippen molar-refractivity contribution in [3.63, 3.8) is 0 Å². The lowest BCUT2D eigenvalue weighted by molar-refractivity contribution is -0.141. The van der Waals surface area contributed by atoms with Crippen LogP contribution >= 0.6 is 0 Å². The number of piperidine rings is 1. The van der Waals surface area contributed by atoms with Gasteiger partial charge in [0.25, 0.3) is 0 Å². The number of aromatic amines is 1. The number of β-amino-alcohol motifs (C(OH)–C–C–N with tert-alkyl or cyclic N) is 1. The molecular weight excluding hydrogens is 537 g/mol. The molecule has 0 bridgehead atoms. The summed E-state index contributed by atoms with van der Waals surface area (Å²) in [5, 5.41) is 15.1. The summed E-state index contributed by atoms with van der Waals surface area (Å²) in [6.07, 6.45) is 5.64. The standard InChI is InChI=1S/C28H31F3N8O2/c29-28(30,31)24-7-17(12-37-14-21(40)15-37)8-25(36-24)41-22-2-5-38(6-3-22)19-9-20(10-19)39-13-18(11-35-39)26-23-1-4-32-27(23)34-16-33-26/h1,4,7-8,11,13,16,19-22,40H,2-3,5-6,9-10,12,14-15H2,(H,32,33,34). The molecule has 13 heteroatoms. The second-order valence-corrected chi connectivity index (χ2v) is 11.3. The van der Waals surface area contributed by atoms with Crippen molar-refractivity contribution in [3.05, 3.63) is 54.4 Å². The van der Waals surface area contributed by atoms with Crippen LogP contribution in [0.3, 0.4) is 0 Å². The van der Waals surface area contributed by atoms with Gasteiger partial charge in [-0.25, -0.2) is 15.0 Å². The van der Waals surface area contributed by atoms with Gasteiger partial charge in [-0.05, 0) is 43.4 Å². The molecule has 0 amide bonds. The monoisotopic (exact) mass is 568 g/mol. The molecule has 10 nitrogen and oxygen atoms in total. The fourth-order valence-corrected chi connectivity index (χ4v) is 6.15. The van der Waals surface area contributed by atoms with E-state index < -0.39 is 18.0 Å². The van der Waals surface area contributed by atoms with E-state index in [9.17, 15) is 18.3 Å². The van der Waals surface area contributed by atoms with Gasteiger partial charge < -0.3 is 14.8 Å². The third-order valence-electron chi connectivity index (χ3n) is 8.47. The Morgan fingerprint density at radius 1 is 1.07 bits per heavy atom. The van der Waals surface area contributed by atoms with Crippen LogP contribution in [0.2, 0.25) is 0 Å². The number of nitrogens with one attached hydrogen (secondary N) is 1. The van der Waals surface area contributed by atoms with Crippen molar-refractivity contribution in [3.8, 4) is 17.1 Å². The molecule has 7 rings (SSSR count). The number of halogens is 3. The predicted molar refractivity (Wildman–Crippen MR) is 143 cm³/mol. The summed E-state index contributed by atoms with van der Waals surface area (Å²) in [5.74, 6) is 0.0214. The number of fused-ring (bicyclic) bond motifs is 1. The average Bonchev–Trinajstić information content (AvgIpc) is 3.57. The lowest BCUT2D eigenvalue weighted by Gasteiger charge is -2.45. The normalized spacial score (nSPS) is 23.0. The molecule has 6 heterocycles. The molecule has 41 heavy (non-hydrogen) atoms. The fourth-order valence-electron chi connectivity index (χ4n) is 6.15. The van der Waals surface area contributed by atoms with Crippen LogP contribution in [0.15, 0.2) is 43.1 Å². The number of ether oxygens (including phenoxy) is 1. The quantitative estimate of drug-likeness (QED) is 0.348. The van der Waals surface area contributed by atoms with Crippen molar-refractivity contribution in [1.29, 1.82) is 0 Å². The SMILES string of the molecule is OC1CN(Cc2cc(OC3CCN(C4CC(n5cc(-c6ncnc7[nH]ccc67)cn5)C4)CC3)nc(C(F)(F)F)c2)C1. The smallest absolute Gasteiger partial charge is 0.433 e. The first kappa shape index (κ1) is 26.4. The predicted octanol–water partition coefficient (Wildman–Crippen LogP) is 3.66. The molecule has 1 saturated carbocycles. The summed E-state index contributed by atoms with van der Waals surface area (Å²) in [7, 11) is 0. The molecule has 0 spiro atoms. The van der Waals surface area contributed by atoms with Crippen molar-refractivity contribution >= 4 is 11.0 Å². The zero-order valence-corrected chi connectivity index (χ0v) is 22.3. The van der Waals surface area contributed by atoms with E-state index in [1.54, 1.807) is 12.4 Å². The molecule has 2 N–H and O–H groups in total. The van der Waals surface area contributed by atoms with Gasteiger partial charge in [0.05, 0.1) is 24.0 Å². The van der Waals surface area contributed by atoms with Crippen molar-refractivity contribution in [2.75, 3.05) is 26.2 Å². The van der Waals surface area contributed by atoms with Crippen LogP contribution in [-0.2, 0) is 12.7 Å². The largest absolute Gasteiger partial charge is 0.474 e. The number of rotatable bonds is 7. The van der Waals surface area contributed by atoms with Gasteiger partial charge in [-0.2, -0.15) is 18.3 Å². The first-order chi connectivity index (χ1) is 19.8. The van der Waals surface area contributed by atoms with Gasteiger partial charge in [0.15, 0.2) is 0 Å². The Morgan fingerprint density at radius 3 is 2.63 bits per heavy atom. The van der Waals surface area contributed by atoms with E-state index in [0.717, 1.165) is 67.1 Å². The topological polar surface area (TPSA) is 108 Å². The van der Waals surface area contributed by atoms with Gasteiger partial charge in [-0.3, -0.25) is 14.5 Å². The van der Waals surface area contributed by atoms with Gasteiger partial charge in [0.2, 0.25) is 5.88 Å². The number of pyridine rings is 1. The van der Waals surface area contributed by atoms with Gasteiger partial charge >= 0.3 is 6.18 Å². The Labute approximate surface area is 234 Å². The van der Waals surface area contributed by atoms with Crippen LogP contribution in [0.4, 0.5) is 13.2 Å². The fraction of sp³-hybridized carbons (Fsp3) is 0.500. The number of hydrogen-bond donors (Lipinski definition) is 2. The maximum absolute atomic E-state index is 13.5. The molecular formula is C28H31F3N8O2. The van der Waals surface area contributed by atoms with E-state index in [1.807, 2.05) is 28.0 Å². The zero-order chi connectivity index (χ0) is 28.1. The van der Waals surface area contributed by atoms with Crippen molar-refractivity contribution < 1.29 is 23.0 Å². The lowest BCUT2D eigenvalue weighted by Crippen LogP contribution is -2.50. The number of aromatic nitrogens is 6. The number of likely N-dealkylation sites (tertiary alicyclic amines) is 2. The van der Waals surface area contributed by atoms with E-state index >= 15 is 0 Å². The first-order valence-electron chi connectivity index (χ1n) is 14.0. The highest BCUT2D eigenvalue weighted by atomic mass is 19.4. The highest BCUT2D eigenvalue weighted by molar-refractivity contribution is 5.89. The summed E-state index contributed by atoms with van der Waals surface area (Å²) in [4.78, 5) is 20.0. The molecule has 0 unspecified atom stereocenters. The summed E-state index contributed by atoms with van der Waals surface area (Å²) >= 11 is 0. The third-order valence-corrected chi connectivity index (χ3v) is 8.47. The molecule has 4 aromatic rings. The number of H-pyrrole nitrogens is 1. The van der Waals surface area contributed by atoms with Crippen molar-refractivity contribution in [2.24, 2.45) is 0 Å². The molecule has 3 fully saturated rings. The van der Waals surface area contributed by atoms with E-state index in [1.165, 1.54) is 0 Å². The number of hydrogen-bond acceptors (Lipinski definition) is 8. The minimum absolute atomic E-state index is 0.0214. The minimum Gasteiger partial charge on any atom is -0.474 e. The van der Waals surface area contributed by atoms with Crippen LogP contribution in [0.1, 0.15) is 43.0 Å². The van der Waals surface area contributed by atoms with Gasteiger partial charge in [-0.15, -0.1) is 0 Å². The highest BCUT2D eigenvalue weighted by Gasteiger charge is 2.38. The molecule has 0 radical (unpaired) electrons. The zero-order valence-electron chi connectivity index (χ0n) is 22.3. The van der Waals surface area contributed by atoms with Crippen LogP contribution in [0.25, 0.3) is 22.3 Å². The molecule has 0 aromatic carbocycles. The van der Waals surface area contributed by atoms with E-state index in [-0.39, 0.29) is 12.0 Å². The summed E-state index contributed by atoms with van der Waals surface area (Å²) < 4.78 is 48.5. The molecule has 3 aliphatic rings. The number of alkyl halides is 3. The van der Waals surface area contributed by atoms with Gasteiger partial charge in [0, 0.05) is 68.2 Å². The molecule has 216 valence electrons. The summed E-state index contributed by atoms with van der Waals surface area (Å²) in [6.45, 7) is 2.90. The lowest BCUT2D eigenvalue weighted by atomic mass is 9.84. The summed E-state index contributed by atoms with van der Waals surface area (Å²) in [5.41, 5.74) is 2.18. The molecule has 2 saturated heterocycles. The number of aliphatic hydroxyl groups is 1. The van der Waals surface area contributed by atoms with Crippen LogP contribution in [-0.4, -0.2) is 89.1 Å². The van der Waals surface area contributed by atoms with Crippen molar-refractivity contribution in [1.82, 2.24) is 39.5 Å². The Bertz CT molecular complexity index is 1520. The second-order valence-electron chi connectivity index (χ2n) is 11.3. The first-order valence-corrected chi connectivity index (χ1v) is 14.0. The van der Waals surface area contributed by atoms with Crippen LogP contribution < -0.4 is 4.74 Å². The Morgan fingerprint density at radius 2 is 1.88 bits per heavy atom. The second kappa shape index (κ2) is 10.4.